The van der Waals surface area contributed by atoms with Crippen molar-refractivity contribution < 1.29 is 22.7 Å². The predicted octanol–water partition coefficient (Wildman–Crippen LogP) is 3.71. The monoisotopic (exact) mass is 474 g/mol. The fraction of sp³-hybridized carbons (Fsp3) is 0.286. The molecule has 168 valence electrons. The first-order valence-corrected chi connectivity index (χ1v) is 12.4. The third-order valence-electron chi connectivity index (χ3n) is 4.63. The molecule has 0 unspecified atom stereocenters. The molecule has 0 bridgehead atoms. The van der Waals surface area contributed by atoms with Gasteiger partial charge in [0.25, 0.3) is 15.9 Å². The summed E-state index contributed by atoms with van der Waals surface area (Å²) in [5.74, 6) is 0.481. The van der Waals surface area contributed by atoms with Crippen LogP contribution in [0, 0.1) is 0 Å². The molecule has 1 aliphatic rings. The molecule has 0 fully saturated rings. The third kappa shape index (κ3) is 5.17. The van der Waals surface area contributed by atoms with E-state index in [-0.39, 0.29) is 16.1 Å². The van der Waals surface area contributed by atoms with E-state index in [0.717, 1.165) is 24.3 Å². The number of aryl methyl sites for hydroxylation is 1. The number of amides is 1. The van der Waals surface area contributed by atoms with Crippen LogP contribution in [0.4, 0.5) is 10.8 Å². The van der Waals surface area contributed by atoms with Crippen LogP contribution in [0.1, 0.15) is 35.1 Å². The highest BCUT2D eigenvalue weighted by atomic mass is 32.2. The van der Waals surface area contributed by atoms with E-state index in [2.05, 4.69) is 27.2 Å². The van der Waals surface area contributed by atoms with Crippen molar-refractivity contribution >= 4 is 38.1 Å². The number of carbonyl (C=O) groups excluding carboxylic acids is 1. The number of ether oxygens (including phenoxy) is 2. The van der Waals surface area contributed by atoms with Crippen molar-refractivity contribution in [3.63, 3.8) is 0 Å². The zero-order valence-electron chi connectivity index (χ0n) is 17.3. The maximum absolute atomic E-state index is 12.8. The first-order valence-electron chi connectivity index (χ1n) is 10.1. The van der Waals surface area contributed by atoms with Gasteiger partial charge in [-0.25, -0.2) is 8.42 Å². The number of hydrogen-bond donors (Lipinski definition) is 2. The molecule has 3 aromatic rings. The molecule has 0 atom stereocenters. The minimum absolute atomic E-state index is 0.0325. The molecule has 0 saturated heterocycles. The second kappa shape index (κ2) is 9.53. The smallest absolute Gasteiger partial charge is 0.262 e. The van der Waals surface area contributed by atoms with Crippen LogP contribution >= 0.6 is 11.3 Å². The Bertz CT molecular complexity index is 1230. The predicted molar refractivity (Wildman–Crippen MR) is 121 cm³/mol. The molecule has 0 saturated carbocycles. The van der Waals surface area contributed by atoms with E-state index in [0.29, 0.717) is 29.8 Å². The van der Waals surface area contributed by atoms with Gasteiger partial charge in [0.1, 0.15) is 18.2 Å². The second-order valence-corrected chi connectivity index (χ2v) is 9.79. The molecule has 1 aliphatic heterocycles. The lowest BCUT2D eigenvalue weighted by atomic mass is 10.2. The van der Waals surface area contributed by atoms with E-state index in [9.17, 15) is 13.2 Å². The van der Waals surface area contributed by atoms with Gasteiger partial charge >= 0.3 is 0 Å². The lowest BCUT2D eigenvalue weighted by Crippen LogP contribution is -2.17. The maximum atomic E-state index is 12.8. The standard InChI is InChI=1S/C21H22N4O5S2/c1-2-3-7-19-23-24-21(31-19)22-20(26)14-5-4-6-15(12-14)25-32(27,28)16-8-9-17-18(13-16)30-11-10-29-17/h4-6,8-9,12-13,25H,2-3,7,10-11H2,1H3,(H,22,24,26). The molecule has 9 nitrogen and oxygen atoms in total. The van der Waals surface area contributed by atoms with Crippen LogP contribution in [0.15, 0.2) is 47.4 Å². The molecule has 0 aliphatic carbocycles. The molecular formula is C21H22N4O5S2. The number of unbranched alkanes of at least 4 members (excludes halogenated alkanes) is 1. The highest BCUT2D eigenvalue weighted by Crippen LogP contribution is 2.32. The van der Waals surface area contributed by atoms with Crippen LogP contribution in [0.5, 0.6) is 11.5 Å². The largest absolute Gasteiger partial charge is 0.486 e. The number of sulfonamides is 1. The summed E-state index contributed by atoms with van der Waals surface area (Å²) < 4.78 is 39.0. The van der Waals surface area contributed by atoms with E-state index < -0.39 is 15.9 Å². The van der Waals surface area contributed by atoms with Crippen molar-refractivity contribution in [2.45, 2.75) is 31.1 Å². The topological polar surface area (TPSA) is 120 Å². The van der Waals surface area contributed by atoms with Gasteiger partial charge in [0.05, 0.1) is 4.90 Å². The molecule has 1 amide bonds. The van der Waals surface area contributed by atoms with Gasteiger partial charge in [-0.15, -0.1) is 10.2 Å². The van der Waals surface area contributed by atoms with Crippen molar-refractivity contribution in [3.05, 3.63) is 53.0 Å². The molecule has 4 rings (SSSR count). The van der Waals surface area contributed by atoms with Crippen molar-refractivity contribution in [2.24, 2.45) is 0 Å². The Kier molecular flexibility index (Phi) is 6.56. The summed E-state index contributed by atoms with van der Waals surface area (Å²) in [4.78, 5) is 12.6. The van der Waals surface area contributed by atoms with Gasteiger partial charge in [-0.05, 0) is 36.8 Å². The molecule has 32 heavy (non-hydrogen) atoms. The number of rotatable bonds is 8. The molecule has 11 heteroatoms. The SMILES string of the molecule is CCCCc1nnc(NC(=O)c2cccc(NS(=O)(=O)c3ccc4c(c3)OCCO4)c2)s1. The Morgan fingerprint density at radius 1 is 1.09 bits per heavy atom. The lowest BCUT2D eigenvalue weighted by molar-refractivity contribution is 0.102. The number of aromatic nitrogens is 2. The molecular weight excluding hydrogens is 452 g/mol. The van der Waals surface area contributed by atoms with Crippen LogP contribution in [-0.4, -0.2) is 37.7 Å². The average Bonchev–Trinajstić information content (AvgIpc) is 3.24. The third-order valence-corrected chi connectivity index (χ3v) is 6.91. The van der Waals surface area contributed by atoms with Crippen molar-refractivity contribution in [1.29, 1.82) is 0 Å². The average molecular weight is 475 g/mol. The van der Waals surface area contributed by atoms with Crippen molar-refractivity contribution in [1.82, 2.24) is 10.2 Å². The fourth-order valence-electron chi connectivity index (χ4n) is 3.03. The molecule has 0 spiro atoms. The maximum Gasteiger partial charge on any atom is 0.262 e. The van der Waals surface area contributed by atoms with Crippen LogP contribution in [0.3, 0.4) is 0 Å². The molecule has 1 aromatic heterocycles. The van der Waals surface area contributed by atoms with Gasteiger partial charge in [-0.2, -0.15) is 0 Å². The number of anilines is 2. The minimum atomic E-state index is -3.89. The highest BCUT2D eigenvalue weighted by Gasteiger charge is 2.20. The quantitative estimate of drug-likeness (QED) is 0.511. The number of fused-ring (bicyclic) bond motifs is 1. The first kappa shape index (κ1) is 22.0. The normalized spacial score (nSPS) is 12.9. The van der Waals surface area contributed by atoms with E-state index in [1.807, 2.05) is 0 Å². The fourth-order valence-corrected chi connectivity index (χ4v) is 4.87. The Morgan fingerprint density at radius 3 is 2.72 bits per heavy atom. The summed E-state index contributed by atoms with van der Waals surface area (Å²) in [7, 11) is -3.89. The van der Waals surface area contributed by atoms with E-state index >= 15 is 0 Å². The summed E-state index contributed by atoms with van der Waals surface area (Å²) >= 11 is 1.33. The summed E-state index contributed by atoms with van der Waals surface area (Å²) in [5, 5.41) is 12.0. The van der Waals surface area contributed by atoms with Gasteiger partial charge in [-0.1, -0.05) is 30.7 Å². The Hall–Kier alpha value is -3.18. The number of nitrogens with one attached hydrogen (secondary N) is 2. The summed E-state index contributed by atoms with van der Waals surface area (Å²) in [6.07, 6.45) is 2.88. The molecule has 2 N–H and O–H groups in total. The Balaban J connectivity index is 1.46. The minimum Gasteiger partial charge on any atom is -0.486 e. The van der Waals surface area contributed by atoms with Crippen molar-refractivity contribution in [2.75, 3.05) is 23.3 Å². The highest BCUT2D eigenvalue weighted by molar-refractivity contribution is 7.92. The van der Waals surface area contributed by atoms with Crippen LogP contribution < -0.4 is 19.5 Å². The molecule has 0 radical (unpaired) electrons. The Morgan fingerprint density at radius 2 is 1.91 bits per heavy atom. The molecule has 2 aromatic carbocycles. The number of carbonyl (C=O) groups is 1. The van der Waals surface area contributed by atoms with Gasteiger partial charge in [0.15, 0.2) is 11.5 Å². The van der Waals surface area contributed by atoms with Gasteiger partial charge < -0.3 is 9.47 Å². The zero-order valence-corrected chi connectivity index (χ0v) is 19.0. The summed E-state index contributed by atoms with van der Waals surface area (Å²) in [6.45, 7) is 2.87. The van der Waals surface area contributed by atoms with Crippen LogP contribution in [0.25, 0.3) is 0 Å². The zero-order chi connectivity index (χ0) is 22.6. The van der Waals surface area contributed by atoms with E-state index in [1.165, 1.54) is 29.5 Å². The van der Waals surface area contributed by atoms with E-state index in [4.69, 9.17) is 9.47 Å². The van der Waals surface area contributed by atoms with Crippen molar-refractivity contribution in [3.8, 4) is 11.5 Å². The molecule has 2 heterocycles. The van der Waals surface area contributed by atoms with Gasteiger partial charge in [-0.3, -0.25) is 14.8 Å². The summed E-state index contributed by atoms with van der Waals surface area (Å²) in [6, 6.07) is 10.6. The lowest BCUT2D eigenvalue weighted by Gasteiger charge is -2.19. The second-order valence-electron chi connectivity index (χ2n) is 7.05. The number of nitrogens with zero attached hydrogens (tertiary/aromatic N) is 2. The Labute approximate surface area is 189 Å². The summed E-state index contributed by atoms with van der Waals surface area (Å²) in [5.41, 5.74) is 0.547. The van der Waals surface area contributed by atoms with Gasteiger partial charge in [0, 0.05) is 23.7 Å². The van der Waals surface area contributed by atoms with Gasteiger partial charge in [0.2, 0.25) is 5.13 Å². The number of hydrogen-bond acceptors (Lipinski definition) is 8. The van der Waals surface area contributed by atoms with Crippen LogP contribution in [-0.2, 0) is 16.4 Å². The number of benzene rings is 2. The van der Waals surface area contributed by atoms with E-state index in [1.54, 1.807) is 24.3 Å². The first-order chi connectivity index (χ1) is 15.4. The van der Waals surface area contributed by atoms with Crippen LogP contribution in [0.2, 0.25) is 0 Å².